The van der Waals surface area contributed by atoms with Gasteiger partial charge in [0.1, 0.15) is 12.6 Å². The first kappa shape index (κ1) is 18.1. The molecule has 0 aliphatic carbocycles. The maximum absolute atomic E-state index is 12.5. The molecule has 1 aliphatic rings. The highest BCUT2D eigenvalue weighted by atomic mass is 31.2. The molecule has 0 spiro atoms. The Morgan fingerprint density at radius 2 is 1.22 bits per heavy atom. The van der Waals surface area contributed by atoms with E-state index in [2.05, 4.69) is 4.84 Å². The summed E-state index contributed by atoms with van der Waals surface area (Å²) in [5.74, 6) is 0. The summed E-state index contributed by atoms with van der Waals surface area (Å²) in [6.07, 6.45) is -3.03. The first-order chi connectivity index (χ1) is 10.5. The fourth-order valence-corrected chi connectivity index (χ4v) is 3.83. The van der Waals surface area contributed by atoms with Gasteiger partial charge in [0.05, 0.1) is 0 Å². The van der Waals surface area contributed by atoms with Crippen molar-refractivity contribution in [1.82, 2.24) is 15.0 Å². The third-order valence-electron chi connectivity index (χ3n) is 2.59. The molecular weight excluding hydrogens is 349 g/mol. The van der Waals surface area contributed by atoms with Crippen molar-refractivity contribution in [2.75, 3.05) is 32.3 Å². The molecule has 0 aromatic rings. The normalized spacial score (nSPS) is 17.8. The van der Waals surface area contributed by atoms with E-state index in [-0.39, 0.29) is 15.0 Å². The van der Waals surface area contributed by atoms with Crippen molar-refractivity contribution in [3.8, 4) is 0 Å². The lowest BCUT2D eigenvalue weighted by atomic mass is 10.8. The number of nitrogens with zero attached hydrogens (tertiary/aromatic N) is 7. The minimum absolute atomic E-state index is 0.170. The van der Waals surface area contributed by atoms with Gasteiger partial charge in [-0.2, -0.15) is 0 Å². The first-order valence-corrected chi connectivity index (χ1v) is 7.82. The van der Waals surface area contributed by atoms with Gasteiger partial charge in [0, 0.05) is 0 Å². The van der Waals surface area contributed by atoms with Gasteiger partial charge in [-0.1, -0.05) is 15.0 Å². The standard InChI is InChI=1S/C5H10N7O10P/c13-9(14)6-1-7(10(15)16)3-23(21,5-22-12(19)20)4-8(2-6)11(17)18/h1-5H2. The number of rotatable bonds is 6. The van der Waals surface area contributed by atoms with Crippen LogP contribution in [0.5, 0.6) is 0 Å². The molecule has 1 rings (SSSR count). The van der Waals surface area contributed by atoms with Crippen molar-refractivity contribution in [2.45, 2.75) is 0 Å². The predicted octanol–water partition coefficient (Wildman–Crippen LogP) is -1.16. The first-order valence-electron chi connectivity index (χ1n) is 5.56. The lowest BCUT2D eigenvalue weighted by Gasteiger charge is -2.29. The topological polar surface area (TPSA) is 209 Å². The average molecular weight is 359 g/mol. The fourth-order valence-electron chi connectivity index (χ4n) is 1.69. The van der Waals surface area contributed by atoms with E-state index >= 15 is 0 Å². The second kappa shape index (κ2) is 6.86. The third kappa shape index (κ3) is 5.06. The minimum atomic E-state index is -3.96. The SMILES string of the molecule is O=[N+]([O-])OCP1(=O)CN([N+](=O)[O-])CN([N+](=O)[O-])CN([N+](=O)[O-])C1. The van der Waals surface area contributed by atoms with Crippen LogP contribution in [-0.2, 0) is 9.40 Å². The van der Waals surface area contributed by atoms with Gasteiger partial charge in [-0.05, 0) is 0 Å². The molecule has 23 heavy (non-hydrogen) atoms. The van der Waals surface area contributed by atoms with Gasteiger partial charge in [-0.25, -0.2) is 30.3 Å². The summed E-state index contributed by atoms with van der Waals surface area (Å²) in [7, 11) is -3.96. The van der Waals surface area contributed by atoms with Gasteiger partial charge < -0.3 is 9.40 Å². The predicted molar refractivity (Wildman–Crippen MR) is 66.5 cm³/mol. The van der Waals surface area contributed by atoms with Crippen LogP contribution in [0.3, 0.4) is 0 Å². The Morgan fingerprint density at radius 1 is 0.826 bits per heavy atom. The molecular formula is C5H10N7O10P. The number of nitro groups is 3. The summed E-state index contributed by atoms with van der Waals surface area (Å²) in [5, 5.41) is 38.7. The second-order valence-corrected chi connectivity index (χ2v) is 7.28. The van der Waals surface area contributed by atoms with E-state index in [4.69, 9.17) is 0 Å². The molecule has 0 aromatic carbocycles. The highest BCUT2D eigenvalue weighted by Gasteiger charge is 2.43. The van der Waals surface area contributed by atoms with Crippen LogP contribution in [0.15, 0.2) is 0 Å². The molecule has 0 amide bonds. The zero-order chi connectivity index (χ0) is 17.8. The van der Waals surface area contributed by atoms with Crippen LogP contribution in [0.1, 0.15) is 0 Å². The van der Waals surface area contributed by atoms with E-state index in [0.717, 1.165) is 0 Å². The molecule has 0 bridgehead atoms. The summed E-state index contributed by atoms with van der Waals surface area (Å²) in [4.78, 5) is 46.6. The molecule has 1 aliphatic heterocycles. The van der Waals surface area contributed by atoms with Crippen LogP contribution in [0.25, 0.3) is 0 Å². The summed E-state index contributed by atoms with van der Waals surface area (Å²) in [6.45, 7) is -2.01. The Labute approximate surface area is 125 Å². The van der Waals surface area contributed by atoms with E-state index < -0.39 is 59.6 Å². The Kier molecular flexibility index (Phi) is 5.39. The van der Waals surface area contributed by atoms with Gasteiger partial charge in [-0.3, -0.25) is 0 Å². The zero-order valence-electron chi connectivity index (χ0n) is 11.2. The summed E-state index contributed by atoms with van der Waals surface area (Å²) < 4.78 is 12.5. The molecule has 0 radical (unpaired) electrons. The zero-order valence-corrected chi connectivity index (χ0v) is 12.1. The monoisotopic (exact) mass is 359 g/mol. The molecule has 0 N–H and O–H groups in total. The Hall–Kier alpha value is -2.97. The van der Waals surface area contributed by atoms with E-state index in [1.54, 1.807) is 0 Å². The van der Waals surface area contributed by atoms with E-state index in [1.165, 1.54) is 0 Å². The highest BCUT2D eigenvalue weighted by Crippen LogP contribution is 2.47. The van der Waals surface area contributed by atoms with Crippen molar-refractivity contribution in [2.24, 2.45) is 0 Å². The molecule has 18 heteroatoms. The van der Waals surface area contributed by atoms with Crippen molar-refractivity contribution in [3.63, 3.8) is 0 Å². The Balaban J connectivity index is 3.11. The molecule has 130 valence electrons. The fraction of sp³-hybridized carbons (Fsp3) is 1.00. The molecule has 1 saturated heterocycles. The van der Waals surface area contributed by atoms with Crippen LogP contribution in [0, 0.1) is 40.5 Å². The molecule has 1 heterocycles. The molecule has 17 nitrogen and oxygen atoms in total. The smallest absolute Gasteiger partial charge is 0.294 e. The average Bonchev–Trinajstić information content (AvgIpc) is 2.39. The lowest BCUT2D eigenvalue weighted by molar-refractivity contribution is -0.753. The number of hydrogen-bond donors (Lipinski definition) is 0. The van der Waals surface area contributed by atoms with E-state index in [1.807, 2.05) is 0 Å². The summed E-state index contributed by atoms with van der Waals surface area (Å²) in [6, 6.07) is 0. The number of hydrogen-bond acceptors (Lipinski definition) is 10. The molecule has 1 fully saturated rings. The maximum atomic E-state index is 12.5. The summed E-state index contributed by atoms with van der Waals surface area (Å²) >= 11 is 0. The van der Waals surface area contributed by atoms with Crippen molar-refractivity contribution in [3.05, 3.63) is 40.5 Å². The van der Waals surface area contributed by atoms with Gasteiger partial charge in [-0.15, -0.1) is 10.1 Å². The van der Waals surface area contributed by atoms with Crippen molar-refractivity contribution in [1.29, 1.82) is 0 Å². The molecule has 0 unspecified atom stereocenters. The van der Waals surface area contributed by atoms with Gasteiger partial charge >= 0.3 is 0 Å². The van der Waals surface area contributed by atoms with Crippen LogP contribution < -0.4 is 0 Å². The Morgan fingerprint density at radius 3 is 1.52 bits per heavy atom. The van der Waals surface area contributed by atoms with Crippen LogP contribution in [0.4, 0.5) is 0 Å². The van der Waals surface area contributed by atoms with Crippen LogP contribution >= 0.6 is 7.14 Å². The highest BCUT2D eigenvalue weighted by molar-refractivity contribution is 7.63. The molecule has 0 saturated carbocycles. The molecule has 0 aromatic heterocycles. The summed E-state index contributed by atoms with van der Waals surface area (Å²) in [5.41, 5.74) is 0. The van der Waals surface area contributed by atoms with Gasteiger partial charge in [0.25, 0.3) is 5.09 Å². The lowest BCUT2D eigenvalue weighted by Crippen LogP contribution is -2.53. The van der Waals surface area contributed by atoms with Gasteiger partial charge in [0.15, 0.2) is 28.6 Å². The third-order valence-corrected chi connectivity index (χ3v) is 4.86. The van der Waals surface area contributed by atoms with Crippen molar-refractivity contribution >= 4 is 7.14 Å². The van der Waals surface area contributed by atoms with Crippen molar-refractivity contribution < 1.29 is 29.6 Å². The maximum Gasteiger partial charge on any atom is 0.294 e. The van der Waals surface area contributed by atoms with E-state index in [9.17, 15) is 45.0 Å². The van der Waals surface area contributed by atoms with E-state index in [0.29, 0.717) is 0 Å². The van der Waals surface area contributed by atoms with Crippen LogP contribution in [0.2, 0.25) is 0 Å². The van der Waals surface area contributed by atoms with Crippen LogP contribution in [-0.4, -0.2) is 67.5 Å². The second-order valence-electron chi connectivity index (χ2n) is 4.34. The van der Waals surface area contributed by atoms with Gasteiger partial charge in [0.2, 0.25) is 13.3 Å². The quantitative estimate of drug-likeness (QED) is 0.311. The largest absolute Gasteiger partial charge is 0.317 e. The Bertz CT molecular complexity index is 538. The number of hydrazine groups is 3. The molecule has 0 atom stereocenters. The minimum Gasteiger partial charge on any atom is -0.317 e.